The molecule has 2 aliphatic heterocycles. The quantitative estimate of drug-likeness (QED) is 0.858. The standard InChI is InChI=1S/C21H20ClN3O3/c22-17-4-1-2-5-18(17)25-13-14(12-20(25)27)21(28)23-15-7-9-16(10-8-15)24-11-3-6-19(24)26/h1-2,4-5,7-10,14H,3,6,11-13H2,(H,23,28)/t14-/m1/s1. The van der Waals surface area contributed by atoms with Crippen LogP contribution in [-0.4, -0.2) is 30.8 Å². The molecule has 144 valence electrons. The minimum atomic E-state index is -0.441. The van der Waals surface area contributed by atoms with Gasteiger partial charge in [0.2, 0.25) is 17.7 Å². The Morgan fingerprint density at radius 2 is 1.75 bits per heavy atom. The van der Waals surface area contributed by atoms with Crippen LogP contribution in [0.4, 0.5) is 17.1 Å². The maximum absolute atomic E-state index is 12.6. The molecule has 2 aromatic rings. The second-order valence-corrected chi connectivity index (χ2v) is 7.45. The molecule has 2 heterocycles. The van der Waals surface area contributed by atoms with Crippen molar-refractivity contribution in [2.24, 2.45) is 5.92 Å². The van der Waals surface area contributed by atoms with Crippen LogP contribution in [0.3, 0.4) is 0 Å². The Kier molecular flexibility index (Phi) is 5.05. The molecule has 0 spiro atoms. The summed E-state index contributed by atoms with van der Waals surface area (Å²) in [5.41, 5.74) is 2.11. The number of benzene rings is 2. The van der Waals surface area contributed by atoms with E-state index in [1.807, 2.05) is 18.2 Å². The summed E-state index contributed by atoms with van der Waals surface area (Å²) >= 11 is 6.18. The number of carbonyl (C=O) groups excluding carboxylic acids is 3. The summed E-state index contributed by atoms with van der Waals surface area (Å²) in [6, 6.07) is 14.3. The summed E-state index contributed by atoms with van der Waals surface area (Å²) in [6.07, 6.45) is 1.60. The third-order valence-electron chi connectivity index (χ3n) is 5.16. The third kappa shape index (κ3) is 3.60. The molecule has 0 bridgehead atoms. The summed E-state index contributed by atoms with van der Waals surface area (Å²) < 4.78 is 0. The van der Waals surface area contributed by atoms with Crippen molar-refractivity contribution in [1.29, 1.82) is 0 Å². The molecular formula is C21H20ClN3O3. The summed E-state index contributed by atoms with van der Waals surface area (Å²) in [6.45, 7) is 1.03. The lowest BCUT2D eigenvalue weighted by molar-refractivity contribution is -0.122. The molecule has 28 heavy (non-hydrogen) atoms. The first-order chi connectivity index (χ1) is 13.5. The van der Waals surface area contributed by atoms with Gasteiger partial charge in [-0.25, -0.2) is 0 Å². The lowest BCUT2D eigenvalue weighted by Gasteiger charge is -2.18. The van der Waals surface area contributed by atoms with Gasteiger partial charge >= 0.3 is 0 Å². The SMILES string of the molecule is O=C(Nc1ccc(N2CCCC2=O)cc1)[C@@H]1CC(=O)N(c2ccccc2Cl)C1. The summed E-state index contributed by atoms with van der Waals surface area (Å²) in [5.74, 6) is -0.631. The van der Waals surface area contributed by atoms with Crippen molar-refractivity contribution in [2.45, 2.75) is 19.3 Å². The topological polar surface area (TPSA) is 69.7 Å². The van der Waals surface area contributed by atoms with Gasteiger partial charge in [-0.05, 0) is 42.8 Å². The maximum atomic E-state index is 12.6. The highest BCUT2D eigenvalue weighted by atomic mass is 35.5. The van der Waals surface area contributed by atoms with Crippen molar-refractivity contribution >= 4 is 46.4 Å². The molecule has 4 rings (SSSR count). The van der Waals surface area contributed by atoms with Gasteiger partial charge < -0.3 is 15.1 Å². The fourth-order valence-corrected chi connectivity index (χ4v) is 3.91. The van der Waals surface area contributed by atoms with E-state index in [9.17, 15) is 14.4 Å². The molecule has 1 N–H and O–H groups in total. The van der Waals surface area contributed by atoms with Crippen molar-refractivity contribution in [3.8, 4) is 0 Å². The fraction of sp³-hybridized carbons (Fsp3) is 0.286. The van der Waals surface area contributed by atoms with Crippen molar-refractivity contribution in [3.63, 3.8) is 0 Å². The van der Waals surface area contributed by atoms with E-state index in [0.717, 1.165) is 18.7 Å². The highest BCUT2D eigenvalue weighted by Crippen LogP contribution is 2.31. The van der Waals surface area contributed by atoms with Crippen LogP contribution < -0.4 is 15.1 Å². The fourth-order valence-electron chi connectivity index (χ4n) is 3.68. The van der Waals surface area contributed by atoms with Crippen LogP contribution in [0.5, 0.6) is 0 Å². The van der Waals surface area contributed by atoms with E-state index in [-0.39, 0.29) is 24.1 Å². The molecule has 0 unspecified atom stereocenters. The Morgan fingerprint density at radius 3 is 2.43 bits per heavy atom. The van der Waals surface area contributed by atoms with Gasteiger partial charge in [0.05, 0.1) is 16.6 Å². The summed E-state index contributed by atoms with van der Waals surface area (Å²) in [4.78, 5) is 40.1. The number of hydrogen-bond acceptors (Lipinski definition) is 3. The monoisotopic (exact) mass is 397 g/mol. The number of halogens is 1. The van der Waals surface area contributed by atoms with Crippen molar-refractivity contribution in [1.82, 2.24) is 0 Å². The Labute approximate surface area is 168 Å². The maximum Gasteiger partial charge on any atom is 0.229 e. The molecule has 0 aromatic heterocycles. The average molecular weight is 398 g/mol. The lowest BCUT2D eigenvalue weighted by atomic mass is 10.1. The highest BCUT2D eigenvalue weighted by molar-refractivity contribution is 6.33. The van der Waals surface area contributed by atoms with E-state index in [1.54, 1.807) is 40.1 Å². The first-order valence-corrected chi connectivity index (χ1v) is 9.67. The van der Waals surface area contributed by atoms with Gasteiger partial charge in [-0.15, -0.1) is 0 Å². The van der Waals surface area contributed by atoms with E-state index in [2.05, 4.69) is 5.32 Å². The number of para-hydroxylation sites is 1. The first kappa shape index (κ1) is 18.5. The van der Waals surface area contributed by atoms with Gasteiger partial charge in [-0.2, -0.15) is 0 Å². The zero-order chi connectivity index (χ0) is 19.7. The highest BCUT2D eigenvalue weighted by Gasteiger charge is 2.35. The lowest BCUT2D eigenvalue weighted by Crippen LogP contribution is -2.28. The van der Waals surface area contributed by atoms with E-state index in [4.69, 9.17) is 11.6 Å². The van der Waals surface area contributed by atoms with E-state index < -0.39 is 5.92 Å². The van der Waals surface area contributed by atoms with Crippen LogP contribution in [0.2, 0.25) is 5.02 Å². The molecule has 0 saturated carbocycles. The summed E-state index contributed by atoms with van der Waals surface area (Å²) in [5, 5.41) is 3.36. The Balaban J connectivity index is 1.41. The molecule has 2 fully saturated rings. The van der Waals surface area contributed by atoms with Crippen LogP contribution in [0, 0.1) is 5.92 Å². The predicted octanol–water partition coefficient (Wildman–Crippen LogP) is 3.46. The van der Waals surface area contributed by atoms with E-state index >= 15 is 0 Å². The minimum Gasteiger partial charge on any atom is -0.326 e. The van der Waals surface area contributed by atoms with Crippen molar-refractivity contribution in [2.75, 3.05) is 28.2 Å². The van der Waals surface area contributed by atoms with Crippen molar-refractivity contribution in [3.05, 3.63) is 53.6 Å². The van der Waals surface area contributed by atoms with Gasteiger partial charge in [0.25, 0.3) is 0 Å². The second-order valence-electron chi connectivity index (χ2n) is 7.04. The molecule has 2 aromatic carbocycles. The summed E-state index contributed by atoms with van der Waals surface area (Å²) in [7, 11) is 0. The third-order valence-corrected chi connectivity index (χ3v) is 5.48. The number of nitrogens with zero attached hydrogens (tertiary/aromatic N) is 2. The van der Waals surface area contributed by atoms with Crippen LogP contribution >= 0.6 is 11.6 Å². The zero-order valence-corrected chi connectivity index (χ0v) is 16.0. The van der Waals surface area contributed by atoms with E-state index in [0.29, 0.717) is 29.4 Å². The van der Waals surface area contributed by atoms with Crippen LogP contribution in [0.15, 0.2) is 48.5 Å². The number of hydrogen-bond donors (Lipinski definition) is 1. The first-order valence-electron chi connectivity index (χ1n) is 9.29. The molecule has 3 amide bonds. The molecule has 0 radical (unpaired) electrons. The van der Waals surface area contributed by atoms with Crippen LogP contribution in [0.1, 0.15) is 19.3 Å². The molecule has 2 aliphatic rings. The van der Waals surface area contributed by atoms with Crippen LogP contribution in [0.25, 0.3) is 0 Å². The zero-order valence-electron chi connectivity index (χ0n) is 15.2. The molecule has 0 aliphatic carbocycles. The molecule has 2 saturated heterocycles. The number of anilines is 3. The van der Waals surface area contributed by atoms with Gasteiger partial charge in [0, 0.05) is 37.3 Å². The van der Waals surface area contributed by atoms with Gasteiger partial charge in [0.15, 0.2) is 0 Å². The second kappa shape index (κ2) is 7.64. The van der Waals surface area contributed by atoms with Gasteiger partial charge in [-0.1, -0.05) is 23.7 Å². The molecule has 1 atom stereocenters. The Bertz CT molecular complexity index is 929. The van der Waals surface area contributed by atoms with Gasteiger partial charge in [-0.3, -0.25) is 14.4 Å². The smallest absolute Gasteiger partial charge is 0.229 e. The number of nitrogens with one attached hydrogen (secondary N) is 1. The normalized spacial score (nSPS) is 19.4. The largest absolute Gasteiger partial charge is 0.326 e. The average Bonchev–Trinajstić information content (AvgIpc) is 3.29. The number of carbonyl (C=O) groups is 3. The minimum absolute atomic E-state index is 0.115. The van der Waals surface area contributed by atoms with Gasteiger partial charge in [0.1, 0.15) is 0 Å². The van der Waals surface area contributed by atoms with E-state index in [1.165, 1.54) is 0 Å². The van der Waals surface area contributed by atoms with Crippen LogP contribution in [-0.2, 0) is 14.4 Å². The molecule has 7 heteroatoms. The number of rotatable bonds is 4. The number of amides is 3. The van der Waals surface area contributed by atoms with Crippen molar-refractivity contribution < 1.29 is 14.4 Å². The Morgan fingerprint density at radius 1 is 1.00 bits per heavy atom. The Hall–Kier alpha value is -2.86. The predicted molar refractivity (Wildman–Crippen MR) is 109 cm³/mol. The molecule has 6 nitrogen and oxygen atoms in total. The molecular weight excluding hydrogens is 378 g/mol.